The Kier molecular flexibility index (Phi) is 6.58. The lowest BCUT2D eigenvalue weighted by molar-refractivity contribution is -0.116. The molecule has 1 N–H and O–H groups in total. The first kappa shape index (κ1) is 18.9. The molecule has 0 aliphatic carbocycles. The standard InChI is InChI=1S/C22H20N4O2/c23-10-13-28-21-7-4-18(5-8-21)6-9-22(27)25-15-19-2-1-3-20(14-19)16-26-12-11-24-17-26/h1-9,11-12,14,17H,13,15-16H2,(H,25,27). The number of benzene rings is 2. The summed E-state index contributed by atoms with van der Waals surface area (Å²) in [6.45, 7) is 1.22. The first-order valence-corrected chi connectivity index (χ1v) is 8.82. The average molecular weight is 372 g/mol. The number of ether oxygens (including phenoxy) is 1. The molecule has 6 heteroatoms. The van der Waals surface area contributed by atoms with E-state index in [1.807, 2.05) is 41.1 Å². The molecule has 2 aromatic carbocycles. The van der Waals surface area contributed by atoms with Crippen LogP contribution in [0.1, 0.15) is 16.7 Å². The second-order valence-electron chi connectivity index (χ2n) is 6.12. The summed E-state index contributed by atoms with van der Waals surface area (Å²) in [5.41, 5.74) is 3.07. The highest BCUT2D eigenvalue weighted by Gasteiger charge is 2.00. The molecule has 0 atom stereocenters. The number of nitriles is 1. The van der Waals surface area contributed by atoms with Gasteiger partial charge in [-0.2, -0.15) is 5.26 Å². The maximum absolute atomic E-state index is 12.1. The molecule has 6 nitrogen and oxygen atoms in total. The van der Waals surface area contributed by atoms with Crippen molar-refractivity contribution in [2.24, 2.45) is 0 Å². The SMILES string of the molecule is N#CCOc1ccc(C=CC(=O)NCc2cccc(Cn3ccnc3)c2)cc1. The second kappa shape index (κ2) is 9.74. The van der Waals surface area contributed by atoms with Gasteiger partial charge in [-0.1, -0.05) is 36.4 Å². The van der Waals surface area contributed by atoms with Crippen LogP contribution in [0.2, 0.25) is 0 Å². The summed E-state index contributed by atoms with van der Waals surface area (Å²) in [5, 5.41) is 11.4. The number of carbonyl (C=O) groups is 1. The lowest BCUT2D eigenvalue weighted by Gasteiger charge is -2.07. The molecule has 0 aliphatic rings. The molecule has 1 aromatic heterocycles. The molecule has 0 fully saturated rings. The molecule has 3 rings (SSSR count). The molecule has 0 saturated carbocycles. The molecule has 140 valence electrons. The van der Waals surface area contributed by atoms with E-state index in [2.05, 4.69) is 22.4 Å². The minimum Gasteiger partial charge on any atom is -0.479 e. The van der Waals surface area contributed by atoms with Gasteiger partial charge in [0.2, 0.25) is 5.91 Å². The van der Waals surface area contributed by atoms with Gasteiger partial charge >= 0.3 is 0 Å². The lowest BCUT2D eigenvalue weighted by atomic mass is 10.1. The Morgan fingerprint density at radius 3 is 2.79 bits per heavy atom. The Balaban J connectivity index is 1.50. The normalized spacial score (nSPS) is 10.5. The average Bonchev–Trinajstić information content (AvgIpc) is 3.23. The zero-order valence-corrected chi connectivity index (χ0v) is 15.3. The third-order valence-electron chi connectivity index (χ3n) is 3.99. The summed E-state index contributed by atoms with van der Waals surface area (Å²) in [5.74, 6) is 0.462. The summed E-state index contributed by atoms with van der Waals surface area (Å²) in [4.78, 5) is 16.1. The summed E-state index contributed by atoms with van der Waals surface area (Å²) in [7, 11) is 0. The van der Waals surface area contributed by atoms with Crippen molar-refractivity contribution >= 4 is 12.0 Å². The van der Waals surface area contributed by atoms with Crippen LogP contribution in [0.4, 0.5) is 0 Å². The van der Waals surface area contributed by atoms with E-state index in [-0.39, 0.29) is 12.5 Å². The van der Waals surface area contributed by atoms with Crippen LogP contribution in [0.5, 0.6) is 5.75 Å². The van der Waals surface area contributed by atoms with Gasteiger partial charge in [-0.15, -0.1) is 0 Å². The number of carbonyl (C=O) groups excluding carboxylic acids is 1. The molecule has 0 spiro atoms. The Morgan fingerprint density at radius 1 is 1.21 bits per heavy atom. The van der Waals surface area contributed by atoms with Gasteiger partial charge in [0.15, 0.2) is 6.61 Å². The molecule has 28 heavy (non-hydrogen) atoms. The second-order valence-corrected chi connectivity index (χ2v) is 6.12. The van der Waals surface area contributed by atoms with Gasteiger partial charge in [-0.05, 0) is 34.9 Å². The zero-order chi connectivity index (χ0) is 19.6. The Bertz CT molecular complexity index is 971. The van der Waals surface area contributed by atoms with Gasteiger partial charge < -0.3 is 14.6 Å². The molecular weight excluding hydrogens is 352 g/mol. The Labute approximate surface area is 163 Å². The molecule has 0 radical (unpaired) electrons. The van der Waals surface area contributed by atoms with Crippen molar-refractivity contribution in [3.05, 3.63) is 90.0 Å². The summed E-state index contributed by atoms with van der Waals surface area (Å²) < 4.78 is 7.19. The number of hydrogen-bond acceptors (Lipinski definition) is 4. The lowest BCUT2D eigenvalue weighted by Crippen LogP contribution is -2.20. The fourth-order valence-corrected chi connectivity index (χ4v) is 2.64. The van der Waals surface area contributed by atoms with Crippen LogP contribution in [-0.2, 0) is 17.9 Å². The predicted molar refractivity (Wildman–Crippen MR) is 106 cm³/mol. The minimum atomic E-state index is -0.162. The molecule has 3 aromatic rings. The topological polar surface area (TPSA) is 79.9 Å². The van der Waals surface area contributed by atoms with Crippen molar-refractivity contribution in [3.8, 4) is 11.8 Å². The van der Waals surface area contributed by atoms with Gasteiger partial charge in [0.05, 0.1) is 6.33 Å². The van der Waals surface area contributed by atoms with Crippen molar-refractivity contribution in [2.45, 2.75) is 13.1 Å². The highest BCUT2D eigenvalue weighted by molar-refractivity contribution is 5.91. The molecule has 0 bridgehead atoms. The largest absolute Gasteiger partial charge is 0.479 e. The van der Waals surface area contributed by atoms with Crippen LogP contribution < -0.4 is 10.1 Å². The van der Waals surface area contributed by atoms with E-state index in [0.717, 1.165) is 23.2 Å². The van der Waals surface area contributed by atoms with Crippen LogP contribution in [0, 0.1) is 11.3 Å². The number of hydrogen-bond donors (Lipinski definition) is 1. The maximum Gasteiger partial charge on any atom is 0.244 e. The van der Waals surface area contributed by atoms with E-state index in [1.165, 1.54) is 6.08 Å². The van der Waals surface area contributed by atoms with Crippen LogP contribution in [0.15, 0.2) is 73.3 Å². The summed E-state index contributed by atoms with van der Waals surface area (Å²) in [6, 6.07) is 17.2. The maximum atomic E-state index is 12.1. The van der Waals surface area contributed by atoms with Crippen molar-refractivity contribution in [1.82, 2.24) is 14.9 Å². The third kappa shape index (κ3) is 5.85. The van der Waals surface area contributed by atoms with Crippen LogP contribution >= 0.6 is 0 Å². The number of rotatable bonds is 8. The molecule has 1 heterocycles. The smallest absolute Gasteiger partial charge is 0.244 e. The van der Waals surface area contributed by atoms with Crippen molar-refractivity contribution in [1.29, 1.82) is 5.26 Å². The van der Waals surface area contributed by atoms with Gasteiger partial charge in [0.1, 0.15) is 11.8 Å². The number of imidazole rings is 1. The van der Waals surface area contributed by atoms with Crippen molar-refractivity contribution in [2.75, 3.05) is 6.61 Å². The zero-order valence-electron chi connectivity index (χ0n) is 15.3. The van der Waals surface area contributed by atoms with Crippen LogP contribution in [0.3, 0.4) is 0 Å². The van der Waals surface area contributed by atoms with E-state index < -0.39 is 0 Å². The van der Waals surface area contributed by atoms with Gasteiger partial charge in [-0.25, -0.2) is 4.98 Å². The van der Waals surface area contributed by atoms with Gasteiger partial charge in [0, 0.05) is 31.6 Å². The number of aromatic nitrogens is 2. The molecule has 1 amide bonds. The highest BCUT2D eigenvalue weighted by atomic mass is 16.5. The predicted octanol–water partition coefficient (Wildman–Crippen LogP) is 3.16. The van der Waals surface area contributed by atoms with E-state index in [9.17, 15) is 4.79 Å². The molecule has 0 unspecified atom stereocenters. The molecule has 0 saturated heterocycles. The molecule has 0 aliphatic heterocycles. The summed E-state index contributed by atoms with van der Waals surface area (Å²) >= 11 is 0. The fraction of sp³-hybridized carbons (Fsp3) is 0.136. The minimum absolute atomic E-state index is 0.0150. The van der Waals surface area contributed by atoms with Crippen LogP contribution in [-0.4, -0.2) is 22.1 Å². The fourth-order valence-electron chi connectivity index (χ4n) is 2.64. The quantitative estimate of drug-likeness (QED) is 0.616. The highest BCUT2D eigenvalue weighted by Crippen LogP contribution is 2.13. The number of nitrogens with zero attached hydrogens (tertiary/aromatic N) is 3. The third-order valence-corrected chi connectivity index (χ3v) is 3.99. The monoisotopic (exact) mass is 372 g/mol. The number of nitrogens with one attached hydrogen (secondary N) is 1. The van der Waals surface area contributed by atoms with Crippen molar-refractivity contribution < 1.29 is 9.53 Å². The molecular formula is C22H20N4O2. The van der Waals surface area contributed by atoms with Crippen molar-refractivity contribution in [3.63, 3.8) is 0 Å². The van der Waals surface area contributed by atoms with E-state index in [4.69, 9.17) is 10.00 Å². The Morgan fingerprint density at radius 2 is 2.04 bits per heavy atom. The van der Waals surface area contributed by atoms with Gasteiger partial charge in [-0.3, -0.25) is 4.79 Å². The van der Waals surface area contributed by atoms with E-state index in [1.54, 1.807) is 30.7 Å². The summed E-state index contributed by atoms with van der Waals surface area (Å²) in [6.07, 6.45) is 8.69. The first-order valence-electron chi connectivity index (χ1n) is 8.82. The van der Waals surface area contributed by atoms with Crippen LogP contribution in [0.25, 0.3) is 6.08 Å². The van der Waals surface area contributed by atoms with Gasteiger partial charge in [0.25, 0.3) is 0 Å². The van der Waals surface area contributed by atoms with E-state index >= 15 is 0 Å². The number of amides is 1. The Hall–Kier alpha value is -3.85. The first-order chi connectivity index (χ1) is 13.7. The van der Waals surface area contributed by atoms with E-state index in [0.29, 0.717) is 12.3 Å².